The molecule has 32 heavy (non-hydrogen) atoms. The molecular formula is C22H19F3N4O3. The van der Waals surface area contributed by atoms with Crippen molar-refractivity contribution < 1.29 is 27.4 Å². The van der Waals surface area contributed by atoms with Crippen LogP contribution in [0.25, 0.3) is 10.9 Å². The van der Waals surface area contributed by atoms with Gasteiger partial charge in [0.15, 0.2) is 0 Å². The maximum atomic E-state index is 13.1. The third-order valence-corrected chi connectivity index (χ3v) is 4.89. The van der Waals surface area contributed by atoms with Crippen LogP contribution >= 0.6 is 0 Å². The zero-order valence-corrected chi connectivity index (χ0v) is 17.1. The van der Waals surface area contributed by atoms with Gasteiger partial charge in [-0.2, -0.15) is 0 Å². The first-order valence-corrected chi connectivity index (χ1v) is 9.54. The summed E-state index contributed by atoms with van der Waals surface area (Å²) in [6.45, 7) is 0. The number of methoxy groups -OCH3 is 1. The molecular weight excluding hydrogens is 425 g/mol. The maximum Gasteiger partial charge on any atom is 0.573 e. The fourth-order valence-electron chi connectivity index (χ4n) is 3.41. The van der Waals surface area contributed by atoms with Crippen LogP contribution in [0.1, 0.15) is 27.9 Å². The Bertz CT molecular complexity index is 1260. The summed E-state index contributed by atoms with van der Waals surface area (Å²) in [5.74, 6) is 0.402. The number of H-pyrrole nitrogens is 1. The van der Waals surface area contributed by atoms with E-state index in [-0.39, 0.29) is 11.4 Å². The number of aromatic amines is 1. The Morgan fingerprint density at radius 3 is 2.66 bits per heavy atom. The van der Waals surface area contributed by atoms with Crippen LogP contribution in [0.4, 0.5) is 13.2 Å². The monoisotopic (exact) mass is 444 g/mol. The molecule has 2 aromatic carbocycles. The van der Waals surface area contributed by atoms with Crippen molar-refractivity contribution in [2.45, 2.75) is 12.4 Å². The molecule has 0 aliphatic carbocycles. The summed E-state index contributed by atoms with van der Waals surface area (Å²) in [6.07, 6.45) is -1.41. The summed E-state index contributed by atoms with van der Waals surface area (Å²) in [6, 6.07) is 12.0. The van der Waals surface area contributed by atoms with E-state index in [2.05, 4.69) is 20.0 Å². The minimum Gasteiger partial charge on any atom is -0.497 e. The average Bonchev–Trinajstić information content (AvgIpc) is 3.36. The highest BCUT2D eigenvalue weighted by molar-refractivity contribution is 5.98. The lowest BCUT2D eigenvalue weighted by Crippen LogP contribution is -2.31. The fourth-order valence-corrected chi connectivity index (χ4v) is 3.41. The molecule has 1 unspecified atom stereocenters. The number of alkyl halides is 3. The van der Waals surface area contributed by atoms with Gasteiger partial charge in [0.25, 0.3) is 5.91 Å². The van der Waals surface area contributed by atoms with Gasteiger partial charge in [0, 0.05) is 36.4 Å². The molecule has 1 amide bonds. The van der Waals surface area contributed by atoms with Crippen molar-refractivity contribution in [3.05, 3.63) is 78.0 Å². The number of hydrogen-bond donors (Lipinski definition) is 2. The summed E-state index contributed by atoms with van der Waals surface area (Å²) in [7, 11) is 3.36. The van der Waals surface area contributed by atoms with Crippen LogP contribution in [0.3, 0.4) is 0 Å². The van der Waals surface area contributed by atoms with Gasteiger partial charge in [0.05, 0.1) is 7.11 Å². The minimum atomic E-state index is -4.80. The predicted octanol–water partition coefficient (Wildman–Crippen LogP) is 4.33. The van der Waals surface area contributed by atoms with E-state index in [0.717, 1.165) is 5.56 Å². The molecule has 10 heteroatoms. The number of aromatic nitrogens is 3. The van der Waals surface area contributed by atoms with Gasteiger partial charge in [-0.3, -0.25) is 4.79 Å². The Morgan fingerprint density at radius 2 is 1.97 bits per heavy atom. The van der Waals surface area contributed by atoms with Crippen molar-refractivity contribution >= 4 is 16.8 Å². The minimum absolute atomic E-state index is 0.186. The Kier molecular flexibility index (Phi) is 5.52. The number of halogens is 3. The van der Waals surface area contributed by atoms with Gasteiger partial charge in [0.2, 0.25) is 0 Å². The number of hydrogen-bond acceptors (Lipinski definition) is 4. The number of aryl methyl sites for hydroxylation is 1. The predicted molar refractivity (Wildman–Crippen MR) is 110 cm³/mol. The molecule has 0 bridgehead atoms. The summed E-state index contributed by atoms with van der Waals surface area (Å²) in [5, 5.41) is 3.51. The summed E-state index contributed by atoms with van der Waals surface area (Å²) >= 11 is 0. The normalized spacial score (nSPS) is 12.5. The van der Waals surface area contributed by atoms with E-state index in [0.29, 0.717) is 22.5 Å². The number of rotatable bonds is 6. The zero-order chi connectivity index (χ0) is 22.9. The Labute approximate surface area is 180 Å². The van der Waals surface area contributed by atoms with E-state index in [1.807, 2.05) is 13.1 Å². The van der Waals surface area contributed by atoms with Gasteiger partial charge in [-0.1, -0.05) is 12.1 Å². The molecule has 0 saturated heterocycles. The molecule has 0 aliphatic heterocycles. The number of nitrogens with one attached hydrogen (secondary N) is 2. The van der Waals surface area contributed by atoms with Crippen molar-refractivity contribution in [3.63, 3.8) is 0 Å². The largest absolute Gasteiger partial charge is 0.573 e. The molecule has 4 rings (SSSR count). The fraction of sp³-hybridized carbons (Fsp3) is 0.182. The first kappa shape index (κ1) is 21.3. The van der Waals surface area contributed by atoms with Crippen LogP contribution in [-0.2, 0) is 7.05 Å². The van der Waals surface area contributed by atoms with Crippen molar-refractivity contribution in [2.24, 2.45) is 7.05 Å². The molecule has 0 aliphatic rings. The molecule has 2 aromatic heterocycles. The van der Waals surface area contributed by atoms with Gasteiger partial charge in [0.1, 0.15) is 29.1 Å². The van der Waals surface area contributed by atoms with Crippen LogP contribution in [0.2, 0.25) is 0 Å². The second-order valence-corrected chi connectivity index (χ2v) is 7.06. The van der Waals surface area contributed by atoms with E-state index in [1.54, 1.807) is 48.3 Å². The number of carbonyl (C=O) groups is 1. The molecule has 0 saturated carbocycles. The third kappa shape index (κ3) is 4.53. The second kappa shape index (κ2) is 8.29. The van der Waals surface area contributed by atoms with Crippen molar-refractivity contribution in [1.82, 2.24) is 19.9 Å². The van der Waals surface area contributed by atoms with Gasteiger partial charge >= 0.3 is 6.36 Å². The lowest BCUT2D eigenvalue weighted by atomic mass is 10.1. The first-order valence-electron chi connectivity index (χ1n) is 9.54. The Hall–Kier alpha value is -3.95. The molecule has 7 nitrogen and oxygen atoms in total. The number of amides is 1. The lowest BCUT2D eigenvalue weighted by molar-refractivity contribution is -0.274. The molecule has 0 radical (unpaired) electrons. The molecule has 166 valence electrons. The van der Waals surface area contributed by atoms with Crippen LogP contribution in [-0.4, -0.2) is 33.9 Å². The lowest BCUT2D eigenvalue weighted by Gasteiger charge is -2.19. The quantitative estimate of drug-likeness (QED) is 0.464. The van der Waals surface area contributed by atoms with E-state index in [1.165, 1.54) is 18.2 Å². The molecule has 2 N–H and O–H groups in total. The Morgan fingerprint density at radius 1 is 1.16 bits per heavy atom. The van der Waals surface area contributed by atoms with Crippen molar-refractivity contribution in [1.29, 1.82) is 0 Å². The number of ether oxygens (including phenoxy) is 2. The van der Waals surface area contributed by atoms with E-state index in [9.17, 15) is 18.0 Å². The van der Waals surface area contributed by atoms with Gasteiger partial charge < -0.3 is 24.3 Å². The standard InChI is InChI=1S/C22H19F3N4O3/c1-29-9-8-26-20(29)19(14-4-3-5-15(10-14)31-2)28-21(30)18-11-13-6-7-16(12-17(13)27-18)32-22(23,24)25/h3-12,19,27H,1-2H3,(H,28,30). The van der Waals surface area contributed by atoms with Gasteiger partial charge in [-0.05, 0) is 35.9 Å². The topological polar surface area (TPSA) is 81.2 Å². The highest BCUT2D eigenvalue weighted by atomic mass is 19.4. The number of nitrogens with zero attached hydrogens (tertiary/aromatic N) is 2. The number of imidazole rings is 1. The molecule has 2 heterocycles. The van der Waals surface area contributed by atoms with Gasteiger partial charge in [-0.25, -0.2) is 4.98 Å². The summed E-state index contributed by atoms with van der Waals surface area (Å²) < 4.78 is 48.5. The second-order valence-electron chi connectivity index (χ2n) is 7.06. The zero-order valence-electron chi connectivity index (χ0n) is 17.1. The summed E-state index contributed by atoms with van der Waals surface area (Å²) in [5.41, 5.74) is 1.28. The smallest absolute Gasteiger partial charge is 0.497 e. The van der Waals surface area contributed by atoms with Crippen LogP contribution in [0.15, 0.2) is 60.9 Å². The van der Waals surface area contributed by atoms with Crippen molar-refractivity contribution in [2.75, 3.05) is 7.11 Å². The molecule has 4 aromatic rings. The van der Waals surface area contributed by atoms with Crippen LogP contribution in [0.5, 0.6) is 11.5 Å². The van der Waals surface area contributed by atoms with E-state index >= 15 is 0 Å². The maximum absolute atomic E-state index is 13.1. The highest BCUT2D eigenvalue weighted by Crippen LogP contribution is 2.28. The van der Waals surface area contributed by atoms with E-state index in [4.69, 9.17) is 4.74 Å². The molecule has 0 spiro atoms. The van der Waals surface area contributed by atoms with Crippen LogP contribution in [0, 0.1) is 0 Å². The highest BCUT2D eigenvalue weighted by Gasteiger charge is 2.31. The molecule has 0 fully saturated rings. The average molecular weight is 444 g/mol. The van der Waals surface area contributed by atoms with Gasteiger partial charge in [-0.15, -0.1) is 13.2 Å². The van der Waals surface area contributed by atoms with Crippen molar-refractivity contribution in [3.8, 4) is 11.5 Å². The third-order valence-electron chi connectivity index (χ3n) is 4.89. The van der Waals surface area contributed by atoms with E-state index < -0.39 is 18.3 Å². The number of carbonyl (C=O) groups excluding carboxylic acids is 1. The SMILES string of the molecule is COc1cccc(C(NC(=O)c2cc3ccc(OC(F)(F)F)cc3[nH]2)c2nccn2C)c1. The molecule has 1 atom stereocenters. The number of benzene rings is 2. The number of fused-ring (bicyclic) bond motifs is 1. The Balaban J connectivity index is 1.64. The van der Waals surface area contributed by atoms with Crippen LogP contribution < -0.4 is 14.8 Å². The summed E-state index contributed by atoms with van der Waals surface area (Å²) in [4.78, 5) is 20.3. The first-order chi connectivity index (χ1) is 15.2.